The fraction of sp³-hybridized carbons (Fsp3) is 0.652. The minimum Gasteiger partial charge on any atom is -0.508 e. The highest BCUT2D eigenvalue weighted by atomic mass is 35.5. The number of alkyl halides is 1. The van der Waals surface area contributed by atoms with Crippen LogP contribution in [0.2, 0.25) is 0 Å². The minimum atomic E-state index is -0.681. The topological polar surface area (TPSA) is 90.2 Å². The van der Waals surface area contributed by atoms with Gasteiger partial charge in [-0.15, -0.1) is 11.6 Å². The lowest BCUT2D eigenvalue weighted by Crippen LogP contribution is -2.20. The van der Waals surface area contributed by atoms with Crippen LogP contribution in [-0.2, 0) is 17.8 Å². The van der Waals surface area contributed by atoms with Gasteiger partial charge in [0.05, 0.1) is 18.8 Å². The van der Waals surface area contributed by atoms with Crippen molar-refractivity contribution in [2.45, 2.75) is 56.3 Å². The second-order valence-electron chi connectivity index (χ2n) is 7.94. The number of phenolic OH excluding ortho intramolecular Hbond substituents is 1. The highest BCUT2D eigenvalue weighted by Crippen LogP contribution is 2.40. The highest BCUT2D eigenvalue weighted by Gasteiger charge is 2.39. The van der Waals surface area contributed by atoms with Gasteiger partial charge >= 0.3 is 0 Å². The number of aromatic hydroxyl groups is 1. The van der Waals surface area contributed by atoms with Crippen molar-refractivity contribution in [3.8, 4) is 5.75 Å². The smallest absolute Gasteiger partial charge is 0.121 e. The van der Waals surface area contributed by atoms with Gasteiger partial charge < -0.3 is 25.2 Å². The summed E-state index contributed by atoms with van der Waals surface area (Å²) in [7, 11) is 1.57. The fourth-order valence-electron chi connectivity index (χ4n) is 3.97. The lowest BCUT2D eigenvalue weighted by molar-refractivity contribution is 0.140. The number of thioether (sulfide) groups is 1. The van der Waals surface area contributed by atoms with Crippen LogP contribution in [0.25, 0.3) is 0 Å². The van der Waals surface area contributed by atoms with Crippen LogP contribution in [0.3, 0.4) is 0 Å². The zero-order valence-electron chi connectivity index (χ0n) is 17.6. The summed E-state index contributed by atoms with van der Waals surface area (Å²) in [5.74, 6) is 2.33. The number of aliphatic hydroxyl groups is 3. The summed E-state index contributed by atoms with van der Waals surface area (Å²) >= 11 is 8.37. The molecule has 1 saturated carbocycles. The third-order valence-corrected chi connectivity index (χ3v) is 7.21. The molecule has 30 heavy (non-hydrogen) atoms. The van der Waals surface area contributed by atoms with Gasteiger partial charge in [-0.25, -0.2) is 0 Å². The number of methoxy groups -OCH3 is 1. The Morgan fingerprint density at radius 2 is 2.10 bits per heavy atom. The number of hydrogen-bond acceptors (Lipinski definition) is 6. The quantitative estimate of drug-likeness (QED) is 0.205. The lowest BCUT2D eigenvalue weighted by Gasteiger charge is -2.21. The molecule has 170 valence electrons. The lowest BCUT2D eigenvalue weighted by atomic mass is 9.91. The van der Waals surface area contributed by atoms with Gasteiger partial charge in [0.25, 0.3) is 0 Å². The molecule has 1 aromatic rings. The molecule has 0 radical (unpaired) electrons. The summed E-state index contributed by atoms with van der Waals surface area (Å²) in [6.07, 6.45) is 6.29. The molecule has 0 unspecified atom stereocenters. The van der Waals surface area contributed by atoms with Crippen LogP contribution in [0.15, 0.2) is 30.4 Å². The van der Waals surface area contributed by atoms with Gasteiger partial charge in [0.2, 0.25) is 0 Å². The van der Waals surface area contributed by atoms with Gasteiger partial charge in [-0.3, -0.25) is 0 Å². The Kier molecular flexibility index (Phi) is 11.6. The predicted octanol–water partition coefficient (Wildman–Crippen LogP) is 3.50. The predicted molar refractivity (Wildman–Crippen MR) is 123 cm³/mol. The highest BCUT2D eigenvalue weighted by molar-refractivity contribution is 7.99. The first kappa shape index (κ1) is 25.5. The molecule has 0 saturated heterocycles. The first-order valence-electron chi connectivity index (χ1n) is 10.6. The Balaban J connectivity index is 1.89. The van der Waals surface area contributed by atoms with E-state index >= 15 is 0 Å². The largest absolute Gasteiger partial charge is 0.508 e. The summed E-state index contributed by atoms with van der Waals surface area (Å²) in [5, 5.41) is 39.5. The molecular weight excluding hydrogens is 424 g/mol. The summed E-state index contributed by atoms with van der Waals surface area (Å²) in [5.41, 5.74) is 1.61. The minimum absolute atomic E-state index is 0.0518. The van der Waals surface area contributed by atoms with Crippen LogP contribution >= 0.6 is 23.4 Å². The van der Waals surface area contributed by atoms with Crippen LogP contribution in [0.4, 0.5) is 0 Å². The number of hydrogen-bond donors (Lipinski definition) is 4. The molecule has 2 rings (SSSR count). The number of benzene rings is 1. The molecule has 0 aliphatic heterocycles. The van der Waals surface area contributed by atoms with E-state index in [0.717, 1.165) is 36.3 Å². The fourth-order valence-corrected chi connectivity index (χ4v) is 5.50. The second-order valence-corrected chi connectivity index (χ2v) is 9.73. The van der Waals surface area contributed by atoms with E-state index in [1.165, 1.54) is 0 Å². The van der Waals surface area contributed by atoms with Gasteiger partial charge in [0.1, 0.15) is 5.75 Å². The Labute approximate surface area is 189 Å². The van der Waals surface area contributed by atoms with Crippen molar-refractivity contribution in [3.05, 3.63) is 41.5 Å². The van der Waals surface area contributed by atoms with Crippen LogP contribution in [0.1, 0.15) is 36.8 Å². The van der Waals surface area contributed by atoms with E-state index in [1.54, 1.807) is 25.3 Å². The van der Waals surface area contributed by atoms with E-state index in [1.807, 2.05) is 23.9 Å². The normalized spacial score (nSPS) is 25.2. The van der Waals surface area contributed by atoms with Crippen molar-refractivity contribution in [1.29, 1.82) is 0 Å². The molecule has 1 fully saturated rings. The molecule has 1 aliphatic carbocycles. The summed E-state index contributed by atoms with van der Waals surface area (Å²) < 4.78 is 5.09. The number of unbranched alkanes of at least 4 members (excludes halogenated alkanes) is 1. The summed E-state index contributed by atoms with van der Waals surface area (Å²) in [6, 6.07) is 5.25. The molecule has 0 aromatic heterocycles. The van der Waals surface area contributed by atoms with E-state index in [-0.39, 0.29) is 29.6 Å². The first-order chi connectivity index (χ1) is 14.5. The maximum absolute atomic E-state index is 10.5. The second kappa shape index (κ2) is 13.6. The van der Waals surface area contributed by atoms with Crippen LogP contribution in [-0.4, -0.2) is 63.2 Å². The molecule has 0 spiro atoms. The zero-order chi connectivity index (χ0) is 21.9. The molecule has 5 nitrogen and oxygen atoms in total. The molecule has 0 bridgehead atoms. The monoisotopic (exact) mass is 458 g/mol. The molecule has 1 aliphatic rings. The van der Waals surface area contributed by atoms with Gasteiger partial charge in [-0.1, -0.05) is 18.2 Å². The van der Waals surface area contributed by atoms with Gasteiger partial charge in [0.15, 0.2) is 0 Å². The number of aliphatic hydroxyl groups excluding tert-OH is 3. The molecule has 4 N–H and O–H groups in total. The van der Waals surface area contributed by atoms with E-state index < -0.39 is 12.2 Å². The third kappa shape index (κ3) is 8.06. The van der Waals surface area contributed by atoms with Crippen molar-refractivity contribution >= 4 is 23.4 Å². The average molecular weight is 459 g/mol. The van der Waals surface area contributed by atoms with Crippen LogP contribution in [0, 0.1) is 11.8 Å². The Morgan fingerprint density at radius 3 is 2.83 bits per heavy atom. The van der Waals surface area contributed by atoms with E-state index in [9.17, 15) is 15.3 Å². The Morgan fingerprint density at radius 1 is 1.30 bits per heavy atom. The zero-order valence-corrected chi connectivity index (χ0v) is 19.2. The number of halogens is 1. The SMILES string of the molecule is COCc1cc(C[C@H](O)/C=C/[C@@H]2[C@@H](CCSCCCCO)[C@H](Cl)C[C@H]2O)ccc1O. The van der Waals surface area contributed by atoms with Crippen LogP contribution < -0.4 is 0 Å². The summed E-state index contributed by atoms with van der Waals surface area (Å²) in [6.45, 7) is 0.558. The van der Waals surface area contributed by atoms with E-state index in [4.69, 9.17) is 21.4 Å². The van der Waals surface area contributed by atoms with Crippen molar-refractivity contribution in [2.24, 2.45) is 11.8 Å². The van der Waals surface area contributed by atoms with Crippen molar-refractivity contribution in [3.63, 3.8) is 0 Å². The molecule has 7 heteroatoms. The van der Waals surface area contributed by atoms with Crippen molar-refractivity contribution < 1.29 is 25.2 Å². The molecular formula is C23H35ClO5S. The maximum atomic E-state index is 10.5. The Hall–Kier alpha value is -0.760. The van der Waals surface area contributed by atoms with Crippen molar-refractivity contribution in [2.75, 3.05) is 25.2 Å². The number of phenols is 1. The van der Waals surface area contributed by atoms with E-state index in [0.29, 0.717) is 25.0 Å². The number of rotatable bonds is 13. The third-order valence-electron chi connectivity index (χ3n) is 5.61. The van der Waals surface area contributed by atoms with Gasteiger partial charge in [-0.05, 0) is 60.8 Å². The van der Waals surface area contributed by atoms with Crippen LogP contribution in [0.5, 0.6) is 5.75 Å². The standard InChI is InChI=1S/C23H35ClO5S/c1-29-15-17-12-16(4-7-22(17)27)13-18(26)5-6-20-19(21(24)14-23(20)28)8-11-30-10-3-2-9-25/h4-7,12,18-21,23,25-28H,2-3,8-11,13-15H2,1H3/b6-5+/t18-,19-,20-,21-,23-/m1/s1. The summed E-state index contributed by atoms with van der Waals surface area (Å²) in [4.78, 5) is 0. The molecule has 1 aromatic carbocycles. The molecule has 5 atom stereocenters. The average Bonchev–Trinajstić information content (AvgIpc) is 2.98. The van der Waals surface area contributed by atoms with E-state index in [2.05, 4.69) is 0 Å². The van der Waals surface area contributed by atoms with Gasteiger partial charge in [0, 0.05) is 37.0 Å². The molecule has 0 heterocycles. The number of ether oxygens (including phenoxy) is 1. The van der Waals surface area contributed by atoms with Gasteiger partial charge in [-0.2, -0.15) is 11.8 Å². The first-order valence-corrected chi connectivity index (χ1v) is 12.2. The Bertz CT molecular complexity index is 656. The van der Waals surface area contributed by atoms with Crippen molar-refractivity contribution in [1.82, 2.24) is 0 Å². The maximum Gasteiger partial charge on any atom is 0.121 e. The molecule has 0 amide bonds.